The van der Waals surface area contributed by atoms with E-state index in [1.807, 2.05) is 31.2 Å². The number of halogens is 3. The summed E-state index contributed by atoms with van der Waals surface area (Å²) in [6, 6.07) is 11.2. The maximum Gasteiger partial charge on any atom is 0.422 e. The zero-order valence-corrected chi connectivity index (χ0v) is 13.8. The van der Waals surface area contributed by atoms with Crippen LogP contribution in [0.3, 0.4) is 0 Å². The standard InChI is InChI=1S/C10H14F3NO3.C7H5N/c1-7-3-2-4-14(5-7)8(15)9(16)17-6-10(11,12)13;8-6-7-4-2-1-3-5-7/h7H,2-6H2,1H3;1-5H. The van der Waals surface area contributed by atoms with Crippen molar-refractivity contribution in [3.63, 3.8) is 0 Å². The number of ether oxygens (including phenoxy) is 1. The molecule has 1 atom stereocenters. The summed E-state index contributed by atoms with van der Waals surface area (Å²) < 4.78 is 39.2. The van der Waals surface area contributed by atoms with Crippen LogP contribution in [0.15, 0.2) is 30.3 Å². The topological polar surface area (TPSA) is 70.4 Å². The molecule has 1 heterocycles. The number of carbonyl (C=O) groups excluding carboxylic acids is 2. The van der Waals surface area contributed by atoms with Gasteiger partial charge in [-0.2, -0.15) is 18.4 Å². The summed E-state index contributed by atoms with van der Waals surface area (Å²) in [6.07, 6.45) is -2.91. The van der Waals surface area contributed by atoms with Gasteiger partial charge in [-0.1, -0.05) is 25.1 Å². The van der Waals surface area contributed by atoms with Crippen molar-refractivity contribution in [2.24, 2.45) is 5.92 Å². The summed E-state index contributed by atoms with van der Waals surface area (Å²) >= 11 is 0. The Morgan fingerprint density at radius 2 is 1.96 bits per heavy atom. The molecule has 1 amide bonds. The van der Waals surface area contributed by atoms with Crippen molar-refractivity contribution < 1.29 is 27.5 Å². The number of piperidine rings is 1. The van der Waals surface area contributed by atoms with Crippen molar-refractivity contribution in [2.75, 3.05) is 19.7 Å². The van der Waals surface area contributed by atoms with E-state index >= 15 is 0 Å². The predicted octanol–water partition coefficient (Wildman–Crippen LogP) is 2.91. The van der Waals surface area contributed by atoms with Gasteiger partial charge in [-0.15, -0.1) is 0 Å². The average molecular weight is 356 g/mol. The van der Waals surface area contributed by atoms with E-state index in [1.165, 1.54) is 4.90 Å². The van der Waals surface area contributed by atoms with E-state index < -0.39 is 24.7 Å². The van der Waals surface area contributed by atoms with Crippen LogP contribution in [0.25, 0.3) is 0 Å². The highest BCUT2D eigenvalue weighted by atomic mass is 19.4. The molecular formula is C17H19F3N2O3. The van der Waals surface area contributed by atoms with Crippen LogP contribution >= 0.6 is 0 Å². The molecule has 1 saturated heterocycles. The smallest absolute Gasteiger partial charge is 0.422 e. The number of hydrogen-bond acceptors (Lipinski definition) is 4. The van der Waals surface area contributed by atoms with Gasteiger partial charge in [0.1, 0.15) is 0 Å². The van der Waals surface area contributed by atoms with E-state index in [0.29, 0.717) is 18.7 Å². The number of carbonyl (C=O) groups is 2. The van der Waals surface area contributed by atoms with Crippen molar-refractivity contribution in [3.8, 4) is 6.07 Å². The predicted molar refractivity (Wildman–Crippen MR) is 83.1 cm³/mol. The highest BCUT2D eigenvalue weighted by Gasteiger charge is 2.33. The zero-order chi connectivity index (χ0) is 18.9. The fourth-order valence-electron chi connectivity index (χ4n) is 2.22. The molecule has 136 valence electrons. The number of hydrogen-bond donors (Lipinski definition) is 0. The normalized spacial score (nSPS) is 16.9. The quantitative estimate of drug-likeness (QED) is 0.573. The van der Waals surface area contributed by atoms with Crippen LogP contribution in [-0.4, -0.2) is 42.6 Å². The highest BCUT2D eigenvalue weighted by Crippen LogP contribution is 2.17. The van der Waals surface area contributed by atoms with Crippen LogP contribution in [0.1, 0.15) is 25.3 Å². The molecule has 1 aromatic carbocycles. The lowest BCUT2D eigenvalue weighted by atomic mass is 10.0. The van der Waals surface area contributed by atoms with E-state index in [0.717, 1.165) is 12.8 Å². The number of esters is 1. The van der Waals surface area contributed by atoms with Crippen LogP contribution < -0.4 is 0 Å². The Morgan fingerprint density at radius 1 is 1.32 bits per heavy atom. The number of benzene rings is 1. The molecule has 0 bridgehead atoms. The first-order chi connectivity index (χ1) is 11.7. The van der Waals surface area contributed by atoms with Crippen molar-refractivity contribution >= 4 is 11.9 Å². The van der Waals surface area contributed by atoms with E-state index in [-0.39, 0.29) is 5.92 Å². The fourth-order valence-corrected chi connectivity index (χ4v) is 2.22. The lowest BCUT2D eigenvalue weighted by Gasteiger charge is -2.29. The van der Waals surface area contributed by atoms with Gasteiger partial charge in [0.2, 0.25) is 0 Å². The molecule has 1 aliphatic rings. The molecule has 0 radical (unpaired) electrons. The second-order valence-electron chi connectivity index (χ2n) is 5.67. The molecule has 1 aromatic rings. The molecule has 2 rings (SSSR count). The SMILES string of the molecule is CC1CCCN(C(=O)C(=O)OCC(F)(F)F)C1.N#Cc1ccccc1. The van der Waals surface area contributed by atoms with Crippen LogP contribution in [0, 0.1) is 17.2 Å². The van der Waals surface area contributed by atoms with Gasteiger partial charge in [0.25, 0.3) is 0 Å². The Morgan fingerprint density at radius 3 is 2.44 bits per heavy atom. The largest absolute Gasteiger partial charge is 0.449 e. The van der Waals surface area contributed by atoms with Gasteiger partial charge in [0.15, 0.2) is 6.61 Å². The minimum atomic E-state index is -4.61. The maximum absolute atomic E-state index is 11.8. The van der Waals surface area contributed by atoms with E-state index in [4.69, 9.17) is 5.26 Å². The number of amides is 1. The molecular weight excluding hydrogens is 337 g/mol. The molecule has 0 saturated carbocycles. The Hall–Kier alpha value is -2.56. The van der Waals surface area contributed by atoms with E-state index in [2.05, 4.69) is 4.74 Å². The van der Waals surface area contributed by atoms with E-state index in [1.54, 1.807) is 12.1 Å². The van der Waals surface area contributed by atoms with Crippen molar-refractivity contribution in [3.05, 3.63) is 35.9 Å². The molecule has 0 spiro atoms. The van der Waals surface area contributed by atoms with Gasteiger partial charge in [-0.25, -0.2) is 4.79 Å². The fraction of sp³-hybridized carbons (Fsp3) is 0.471. The van der Waals surface area contributed by atoms with Crippen molar-refractivity contribution in [2.45, 2.75) is 25.9 Å². The summed E-state index contributed by atoms with van der Waals surface area (Å²) in [5.41, 5.74) is 0.715. The number of nitriles is 1. The Kier molecular flexibility index (Phi) is 7.92. The van der Waals surface area contributed by atoms with Crippen LogP contribution in [0.4, 0.5) is 13.2 Å². The third-order valence-electron chi connectivity index (χ3n) is 3.39. The van der Waals surface area contributed by atoms with Gasteiger partial charge in [-0.05, 0) is 30.9 Å². The first-order valence-electron chi connectivity index (χ1n) is 7.71. The Balaban J connectivity index is 0.000000324. The minimum Gasteiger partial charge on any atom is -0.449 e. The monoisotopic (exact) mass is 356 g/mol. The van der Waals surface area contributed by atoms with Crippen LogP contribution in [0.2, 0.25) is 0 Å². The maximum atomic E-state index is 11.8. The minimum absolute atomic E-state index is 0.253. The third kappa shape index (κ3) is 8.20. The first kappa shape index (κ1) is 20.5. The Labute approximate surface area is 144 Å². The summed E-state index contributed by atoms with van der Waals surface area (Å²) in [5, 5.41) is 8.29. The number of rotatable bonds is 1. The molecule has 0 aromatic heterocycles. The summed E-state index contributed by atoms with van der Waals surface area (Å²) in [4.78, 5) is 23.8. The zero-order valence-electron chi connectivity index (χ0n) is 13.8. The van der Waals surface area contributed by atoms with Crippen LogP contribution in [-0.2, 0) is 14.3 Å². The third-order valence-corrected chi connectivity index (χ3v) is 3.39. The lowest BCUT2D eigenvalue weighted by Crippen LogP contribution is -2.44. The van der Waals surface area contributed by atoms with Gasteiger partial charge >= 0.3 is 18.1 Å². The Bertz CT molecular complexity index is 612. The van der Waals surface area contributed by atoms with Crippen molar-refractivity contribution in [1.29, 1.82) is 5.26 Å². The number of likely N-dealkylation sites (tertiary alicyclic amines) is 1. The molecule has 8 heteroatoms. The summed E-state index contributed by atoms with van der Waals surface area (Å²) in [6.45, 7) is 0.978. The molecule has 25 heavy (non-hydrogen) atoms. The number of nitrogens with zero attached hydrogens (tertiary/aromatic N) is 2. The second kappa shape index (κ2) is 9.67. The van der Waals surface area contributed by atoms with Gasteiger partial charge in [0.05, 0.1) is 11.6 Å². The first-order valence-corrected chi connectivity index (χ1v) is 7.71. The lowest BCUT2D eigenvalue weighted by molar-refractivity contribution is -0.189. The van der Waals surface area contributed by atoms with Gasteiger partial charge in [-0.3, -0.25) is 4.79 Å². The van der Waals surface area contributed by atoms with E-state index in [9.17, 15) is 22.8 Å². The van der Waals surface area contributed by atoms with Crippen molar-refractivity contribution in [1.82, 2.24) is 4.90 Å². The average Bonchev–Trinajstić information content (AvgIpc) is 2.59. The molecule has 1 fully saturated rings. The summed E-state index contributed by atoms with van der Waals surface area (Å²) in [5.74, 6) is -2.17. The summed E-state index contributed by atoms with van der Waals surface area (Å²) in [7, 11) is 0. The van der Waals surface area contributed by atoms with Gasteiger partial charge < -0.3 is 9.64 Å². The van der Waals surface area contributed by atoms with Gasteiger partial charge in [0, 0.05) is 13.1 Å². The highest BCUT2D eigenvalue weighted by molar-refractivity contribution is 6.32. The van der Waals surface area contributed by atoms with Crippen LogP contribution in [0.5, 0.6) is 0 Å². The molecule has 0 N–H and O–H groups in total. The number of alkyl halides is 3. The second-order valence-corrected chi connectivity index (χ2v) is 5.67. The molecule has 1 aliphatic heterocycles. The molecule has 1 unspecified atom stereocenters. The molecule has 0 aliphatic carbocycles. The molecule has 5 nitrogen and oxygen atoms in total.